The second kappa shape index (κ2) is 9.79. The van der Waals surface area contributed by atoms with Crippen LogP contribution < -0.4 is 10.1 Å². The van der Waals surface area contributed by atoms with Crippen molar-refractivity contribution in [2.75, 3.05) is 26.7 Å². The van der Waals surface area contributed by atoms with Gasteiger partial charge in [0.2, 0.25) is 0 Å². The Morgan fingerprint density at radius 3 is 2.42 bits per heavy atom. The molecule has 1 aromatic carbocycles. The molecular weight excluding hydrogens is 336 g/mol. The van der Waals surface area contributed by atoms with Crippen molar-refractivity contribution in [3.63, 3.8) is 0 Å². The monoisotopic (exact) mass is 362 g/mol. The van der Waals surface area contributed by atoms with Crippen molar-refractivity contribution < 1.29 is 23.9 Å². The summed E-state index contributed by atoms with van der Waals surface area (Å²) < 4.78 is 10.3. The molecule has 0 aliphatic carbocycles. The zero-order chi connectivity index (χ0) is 18.9. The maximum absolute atomic E-state index is 12.4. The highest BCUT2D eigenvalue weighted by Gasteiger charge is 2.24. The van der Waals surface area contributed by atoms with Gasteiger partial charge in [-0.05, 0) is 31.9 Å². The molecule has 7 heteroatoms. The number of para-hydroxylation sites is 1. The molecule has 1 fully saturated rings. The summed E-state index contributed by atoms with van der Waals surface area (Å²) in [5.41, 5.74) is 0.330. The summed E-state index contributed by atoms with van der Waals surface area (Å²) in [6, 6.07) is 6.72. The molecule has 0 aromatic heterocycles. The Bertz CT molecular complexity index is 639. The first-order valence-corrected chi connectivity index (χ1v) is 8.92. The van der Waals surface area contributed by atoms with Crippen LogP contribution in [0.25, 0.3) is 0 Å². The van der Waals surface area contributed by atoms with E-state index in [1.54, 1.807) is 36.1 Å². The molecule has 1 aliphatic rings. The van der Waals surface area contributed by atoms with Gasteiger partial charge in [-0.25, -0.2) is 0 Å². The number of amides is 2. The third-order valence-electron chi connectivity index (χ3n) is 4.32. The molecule has 142 valence electrons. The lowest BCUT2D eigenvalue weighted by Gasteiger charge is -2.24. The van der Waals surface area contributed by atoms with Gasteiger partial charge >= 0.3 is 5.97 Å². The van der Waals surface area contributed by atoms with Gasteiger partial charge in [0.1, 0.15) is 12.3 Å². The number of ether oxygens (including phenoxy) is 2. The minimum absolute atomic E-state index is 0.184. The van der Waals surface area contributed by atoms with Gasteiger partial charge < -0.3 is 19.7 Å². The molecule has 0 spiro atoms. The van der Waals surface area contributed by atoms with E-state index in [0.717, 1.165) is 25.7 Å². The predicted octanol–water partition coefficient (Wildman–Crippen LogP) is 1.76. The Balaban J connectivity index is 1.82. The lowest BCUT2D eigenvalue weighted by atomic mass is 10.2. The summed E-state index contributed by atoms with van der Waals surface area (Å²) in [7, 11) is 1.47. The van der Waals surface area contributed by atoms with E-state index in [2.05, 4.69) is 5.32 Å². The molecule has 26 heavy (non-hydrogen) atoms. The van der Waals surface area contributed by atoms with E-state index >= 15 is 0 Å². The quantitative estimate of drug-likeness (QED) is 0.780. The number of carbonyl (C=O) groups is 3. The highest BCUT2D eigenvalue weighted by molar-refractivity contribution is 5.98. The Hall–Kier alpha value is -2.57. The van der Waals surface area contributed by atoms with Crippen molar-refractivity contribution in [3.05, 3.63) is 29.8 Å². The maximum Gasteiger partial charge on any atom is 0.326 e. The summed E-state index contributed by atoms with van der Waals surface area (Å²) in [4.78, 5) is 38.2. The molecule has 0 bridgehead atoms. The molecule has 1 aromatic rings. The Morgan fingerprint density at radius 1 is 1.12 bits per heavy atom. The van der Waals surface area contributed by atoms with Crippen molar-refractivity contribution in [1.82, 2.24) is 10.2 Å². The summed E-state index contributed by atoms with van der Waals surface area (Å²) in [6.45, 7) is 2.65. The van der Waals surface area contributed by atoms with Crippen molar-refractivity contribution in [3.8, 4) is 5.75 Å². The normalized spacial score (nSPS) is 15.5. The van der Waals surface area contributed by atoms with E-state index in [0.29, 0.717) is 24.4 Å². The molecule has 0 radical (unpaired) electrons. The SMILES string of the molecule is COc1ccccc1C(=O)NCC(=O)O[C@H](C)C(=O)N1CCCCCC1. The molecule has 1 saturated heterocycles. The summed E-state index contributed by atoms with van der Waals surface area (Å²) in [5, 5.41) is 2.49. The molecule has 2 rings (SSSR count). The maximum atomic E-state index is 12.4. The van der Waals surface area contributed by atoms with Crippen LogP contribution in [0.1, 0.15) is 43.0 Å². The van der Waals surface area contributed by atoms with Crippen LogP contribution in [-0.4, -0.2) is 55.5 Å². The third kappa shape index (κ3) is 5.47. The van der Waals surface area contributed by atoms with Gasteiger partial charge in [-0.15, -0.1) is 0 Å². The van der Waals surface area contributed by atoms with Crippen molar-refractivity contribution >= 4 is 17.8 Å². The lowest BCUT2D eigenvalue weighted by molar-refractivity contribution is -0.158. The van der Waals surface area contributed by atoms with Crippen LogP contribution in [0.15, 0.2) is 24.3 Å². The highest BCUT2D eigenvalue weighted by Crippen LogP contribution is 2.16. The number of hydrogen-bond donors (Lipinski definition) is 1. The molecule has 2 amide bonds. The molecule has 1 N–H and O–H groups in total. The second-order valence-corrected chi connectivity index (χ2v) is 6.25. The minimum Gasteiger partial charge on any atom is -0.496 e. The van der Waals surface area contributed by atoms with Gasteiger partial charge in [0, 0.05) is 13.1 Å². The van der Waals surface area contributed by atoms with E-state index in [1.807, 2.05) is 0 Å². The fourth-order valence-corrected chi connectivity index (χ4v) is 2.92. The van der Waals surface area contributed by atoms with Crippen LogP contribution in [0.2, 0.25) is 0 Å². The number of hydrogen-bond acceptors (Lipinski definition) is 5. The van der Waals surface area contributed by atoms with Crippen molar-refractivity contribution in [1.29, 1.82) is 0 Å². The molecular formula is C19H26N2O5. The van der Waals surface area contributed by atoms with Gasteiger partial charge in [0.15, 0.2) is 6.10 Å². The third-order valence-corrected chi connectivity index (χ3v) is 4.32. The Morgan fingerprint density at radius 2 is 1.77 bits per heavy atom. The highest BCUT2D eigenvalue weighted by atomic mass is 16.5. The number of rotatable bonds is 6. The Kier molecular flexibility index (Phi) is 7.44. The lowest BCUT2D eigenvalue weighted by Crippen LogP contribution is -2.42. The number of likely N-dealkylation sites (tertiary alicyclic amines) is 1. The van der Waals surface area contributed by atoms with E-state index in [4.69, 9.17) is 9.47 Å². The van der Waals surface area contributed by atoms with E-state index in [-0.39, 0.29) is 12.5 Å². The first-order chi connectivity index (χ1) is 12.5. The van der Waals surface area contributed by atoms with Gasteiger partial charge in [0.25, 0.3) is 11.8 Å². The van der Waals surface area contributed by atoms with E-state index in [1.165, 1.54) is 7.11 Å². The van der Waals surface area contributed by atoms with Crippen LogP contribution in [0.5, 0.6) is 5.75 Å². The number of benzene rings is 1. The average Bonchev–Trinajstić information content (AvgIpc) is 2.94. The van der Waals surface area contributed by atoms with Gasteiger partial charge in [0.05, 0.1) is 12.7 Å². The minimum atomic E-state index is -0.858. The summed E-state index contributed by atoms with van der Waals surface area (Å²) in [6.07, 6.45) is 3.33. The number of esters is 1. The molecule has 0 unspecified atom stereocenters. The fraction of sp³-hybridized carbons (Fsp3) is 0.526. The van der Waals surface area contributed by atoms with Gasteiger partial charge in [-0.2, -0.15) is 0 Å². The molecule has 7 nitrogen and oxygen atoms in total. The standard InChI is InChI=1S/C19H26N2O5/c1-14(19(24)21-11-7-3-4-8-12-21)26-17(22)13-20-18(23)15-9-5-6-10-16(15)25-2/h5-6,9-10,14H,3-4,7-8,11-13H2,1-2H3,(H,20,23)/t14-/m1/s1. The molecule has 1 aliphatic heterocycles. The number of methoxy groups -OCH3 is 1. The van der Waals surface area contributed by atoms with E-state index in [9.17, 15) is 14.4 Å². The second-order valence-electron chi connectivity index (χ2n) is 6.25. The summed E-state index contributed by atoms with van der Waals surface area (Å²) >= 11 is 0. The van der Waals surface area contributed by atoms with Crippen LogP contribution in [0.4, 0.5) is 0 Å². The van der Waals surface area contributed by atoms with Gasteiger partial charge in [-0.3, -0.25) is 14.4 Å². The first-order valence-electron chi connectivity index (χ1n) is 8.92. The largest absolute Gasteiger partial charge is 0.496 e. The predicted molar refractivity (Wildman–Crippen MR) is 95.9 cm³/mol. The number of carbonyl (C=O) groups excluding carboxylic acids is 3. The van der Waals surface area contributed by atoms with Crippen molar-refractivity contribution in [2.24, 2.45) is 0 Å². The van der Waals surface area contributed by atoms with Crippen LogP contribution in [-0.2, 0) is 14.3 Å². The molecule has 0 saturated carbocycles. The molecule has 1 atom stereocenters. The number of nitrogens with one attached hydrogen (secondary N) is 1. The van der Waals surface area contributed by atoms with Crippen molar-refractivity contribution in [2.45, 2.75) is 38.7 Å². The number of nitrogens with zero attached hydrogens (tertiary/aromatic N) is 1. The zero-order valence-electron chi connectivity index (χ0n) is 15.3. The smallest absolute Gasteiger partial charge is 0.326 e. The van der Waals surface area contributed by atoms with Crippen LogP contribution >= 0.6 is 0 Å². The first kappa shape index (κ1) is 19.8. The topological polar surface area (TPSA) is 84.9 Å². The Labute approximate surface area is 153 Å². The zero-order valence-corrected chi connectivity index (χ0v) is 15.3. The summed E-state index contributed by atoms with van der Waals surface area (Å²) in [5.74, 6) is -0.853. The fourth-order valence-electron chi connectivity index (χ4n) is 2.92. The van der Waals surface area contributed by atoms with Gasteiger partial charge in [-0.1, -0.05) is 25.0 Å². The van der Waals surface area contributed by atoms with E-state index < -0.39 is 18.0 Å². The van der Waals surface area contributed by atoms with Crippen LogP contribution in [0.3, 0.4) is 0 Å². The molecule has 1 heterocycles. The average molecular weight is 362 g/mol. The van der Waals surface area contributed by atoms with Crippen LogP contribution in [0, 0.1) is 0 Å².